The van der Waals surface area contributed by atoms with Crippen LogP contribution in [-0.4, -0.2) is 25.4 Å². The molecule has 110 valence electrons. The summed E-state index contributed by atoms with van der Waals surface area (Å²) in [5, 5.41) is 7.95. The first kappa shape index (κ1) is 14.8. The minimum absolute atomic E-state index is 0.473. The van der Waals surface area contributed by atoms with E-state index in [1.165, 1.54) is 11.3 Å². The largest absolute Gasteiger partial charge is 0.335 e. The van der Waals surface area contributed by atoms with Gasteiger partial charge in [-0.3, -0.25) is 4.68 Å². The molecule has 1 atom stereocenters. The number of aromatic nitrogens is 4. The van der Waals surface area contributed by atoms with Crippen LogP contribution in [0.2, 0.25) is 0 Å². The first-order valence-corrected chi connectivity index (χ1v) is 7.34. The molecule has 0 aliphatic carbocycles. The molecule has 2 aromatic rings. The minimum atomic E-state index is 0.473. The number of nitrogens with one attached hydrogen (secondary N) is 1. The fraction of sp³-hybridized carbons (Fsp3) is 0.600. The Morgan fingerprint density at radius 1 is 1.35 bits per heavy atom. The molecule has 2 aromatic heterocycles. The third-order valence-corrected chi connectivity index (χ3v) is 3.87. The van der Waals surface area contributed by atoms with E-state index < -0.39 is 0 Å². The van der Waals surface area contributed by atoms with Gasteiger partial charge in [0.15, 0.2) is 0 Å². The minimum Gasteiger partial charge on any atom is -0.335 e. The average Bonchev–Trinajstić information content (AvgIpc) is 3.00. The standard InChI is InChI=1S/C15H25N5/c1-5-20-13(3)15(11-18-20)10-17-12(2)6-8-19-9-7-16-14(19)4/h7,9,11-12,17H,5-6,8,10H2,1-4H3. The summed E-state index contributed by atoms with van der Waals surface area (Å²) in [5.74, 6) is 1.08. The maximum absolute atomic E-state index is 4.37. The molecule has 0 amide bonds. The van der Waals surface area contributed by atoms with E-state index in [0.29, 0.717) is 6.04 Å². The van der Waals surface area contributed by atoms with Gasteiger partial charge in [0.1, 0.15) is 5.82 Å². The van der Waals surface area contributed by atoms with Gasteiger partial charge >= 0.3 is 0 Å². The quantitative estimate of drug-likeness (QED) is 0.843. The maximum Gasteiger partial charge on any atom is 0.105 e. The Morgan fingerprint density at radius 3 is 2.75 bits per heavy atom. The van der Waals surface area contributed by atoms with Crippen LogP contribution in [-0.2, 0) is 19.6 Å². The summed E-state index contributed by atoms with van der Waals surface area (Å²) < 4.78 is 4.23. The summed E-state index contributed by atoms with van der Waals surface area (Å²) in [6.07, 6.45) is 6.96. The van der Waals surface area contributed by atoms with E-state index in [0.717, 1.165) is 31.9 Å². The lowest BCUT2D eigenvalue weighted by Crippen LogP contribution is -2.27. The van der Waals surface area contributed by atoms with E-state index in [4.69, 9.17) is 0 Å². The molecule has 5 nitrogen and oxygen atoms in total. The topological polar surface area (TPSA) is 47.7 Å². The Balaban J connectivity index is 1.78. The van der Waals surface area contributed by atoms with Crippen molar-refractivity contribution < 1.29 is 0 Å². The van der Waals surface area contributed by atoms with Crippen LogP contribution in [0.15, 0.2) is 18.6 Å². The maximum atomic E-state index is 4.37. The molecule has 0 spiro atoms. The van der Waals surface area contributed by atoms with Gasteiger partial charge in [-0.1, -0.05) is 0 Å². The summed E-state index contributed by atoms with van der Waals surface area (Å²) in [7, 11) is 0. The molecule has 0 aliphatic rings. The summed E-state index contributed by atoms with van der Waals surface area (Å²) in [6.45, 7) is 11.3. The first-order chi connectivity index (χ1) is 9.61. The van der Waals surface area contributed by atoms with Crippen molar-refractivity contribution in [2.75, 3.05) is 0 Å². The number of aryl methyl sites for hydroxylation is 3. The van der Waals surface area contributed by atoms with E-state index in [-0.39, 0.29) is 0 Å². The van der Waals surface area contributed by atoms with Crippen molar-refractivity contribution in [1.29, 1.82) is 0 Å². The lowest BCUT2D eigenvalue weighted by atomic mass is 10.2. The Morgan fingerprint density at radius 2 is 2.15 bits per heavy atom. The Kier molecular flexibility index (Phi) is 4.95. The van der Waals surface area contributed by atoms with Gasteiger partial charge in [-0.25, -0.2) is 4.98 Å². The fourth-order valence-electron chi connectivity index (χ4n) is 2.34. The summed E-state index contributed by atoms with van der Waals surface area (Å²) in [4.78, 5) is 4.24. The predicted octanol–water partition coefficient (Wildman–Crippen LogP) is 2.28. The zero-order valence-electron chi connectivity index (χ0n) is 12.9. The molecule has 1 unspecified atom stereocenters. The number of nitrogens with zero attached hydrogens (tertiary/aromatic N) is 4. The monoisotopic (exact) mass is 275 g/mol. The van der Waals surface area contributed by atoms with E-state index in [1.807, 2.05) is 30.2 Å². The lowest BCUT2D eigenvalue weighted by Gasteiger charge is -2.14. The summed E-state index contributed by atoms with van der Waals surface area (Å²) in [5.41, 5.74) is 2.55. The van der Waals surface area contributed by atoms with E-state index in [2.05, 4.69) is 40.7 Å². The molecule has 0 aromatic carbocycles. The highest BCUT2D eigenvalue weighted by molar-refractivity contribution is 5.15. The number of imidazole rings is 1. The second-order valence-corrected chi connectivity index (χ2v) is 5.31. The molecule has 0 saturated heterocycles. The number of hydrogen-bond acceptors (Lipinski definition) is 3. The molecule has 5 heteroatoms. The Labute approximate surface area is 121 Å². The second kappa shape index (κ2) is 6.70. The Bertz CT molecular complexity index is 540. The van der Waals surface area contributed by atoms with Gasteiger partial charge < -0.3 is 9.88 Å². The Hall–Kier alpha value is -1.62. The second-order valence-electron chi connectivity index (χ2n) is 5.31. The van der Waals surface area contributed by atoms with E-state index >= 15 is 0 Å². The molecular weight excluding hydrogens is 250 g/mol. The molecule has 0 aliphatic heterocycles. The van der Waals surface area contributed by atoms with Crippen molar-refractivity contribution in [3.63, 3.8) is 0 Å². The van der Waals surface area contributed by atoms with Gasteiger partial charge in [-0.15, -0.1) is 0 Å². The van der Waals surface area contributed by atoms with Gasteiger partial charge in [-0.05, 0) is 34.1 Å². The molecule has 20 heavy (non-hydrogen) atoms. The van der Waals surface area contributed by atoms with Gasteiger partial charge in [0.05, 0.1) is 6.20 Å². The number of rotatable bonds is 7. The van der Waals surface area contributed by atoms with Crippen molar-refractivity contribution in [3.8, 4) is 0 Å². The molecule has 1 N–H and O–H groups in total. The van der Waals surface area contributed by atoms with Crippen molar-refractivity contribution in [1.82, 2.24) is 24.6 Å². The van der Waals surface area contributed by atoms with Crippen LogP contribution >= 0.6 is 0 Å². The van der Waals surface area contributed by atoms with Crippen LogP contribution in [0.3, 0.4) is 0 Å². The van der Waals surface area contributed by atoms with Crippen LogP contribution in [0.1, 0.15) is 37.4 Å². The zero-order valence-corrected chi connectivity index (χ0v) is 12.9. The van der Waals surface area contributed by atoms with Crippen molar-refractivity contribution in [3.05, 3.63) is 35.7 Å². The van der Waals surface area contributed by atoms with Crippen LogP contribution < -0.4 is 5.32 Å². The smallest absolute Gasteiger partial charge is 0.105 e. The third kappa shape index (κ3) is 3.48. The highest BCUT2D eigenvalue weighted by Crippen LogP contribution is 2.08. The van der Waals surface area contributed by atoms with Crippen LogP contribution in [0.25, 0.3) is 0 Å². The van der Waals surface area contributed by atoms with Crippen LogP contribution in [0.4, 0.5) is 0 Å². The average molecular weight is 275 g/mol. The third-order valence-electron chi connectivity index (χ3n) is 3.87. The normalized spacial score (nSPS) is 12.8. The lowest BCUT2D eigenvalue weighted by molar-refractivity contribution is 0.471. The van der Waals surface area contributed by atoms with Crippen LogP contribution in [0.5, 0.6) is 0 Å². The van der Waals surface area contributed by atoms with Gasteiger partial charge in [-0.2, -0.15) is 5.10 Å². The number of hydrogen-bond donors (Lipinski definition) is 1. The molecule has 0 bridgehead atoms. The summed E-state index contributed by atoms with van der Waals surface area (Å²) in [6, 6.07) is 0.473. The zero-order chi connectivity index (χ0) is 14.5. The molecular formula is C15H25N5. The fourth-order valence-corrected chi connectivity index (χ4v) is 2.34. The molecule has 2 heterocycles. The predicted molar refractivity (Wildman–Crippen MR) is 80.5 cm³/mol. The van der Waals surface area contributed by atoms with Crippen molar-refractivity contribution >= 4 is 0 Å². The molecule has 2 rings (SSSR count). The van der Waals surface area contributed by atoms with Crippen molar-refractivity contribution in [2.24, 2.45) is 0 Å². The molecule has 0 saturated carbocycles. The highest BCUT2D eigenvalue weighted by atomic mass is 15.3. The van der Waals surface area contributed by atoms with Gasteiger partial charge in [0.2, 0.25) is 0 Å². The highest BCUT2D eigenvalue weighted by Gasteiger charge is 2.07. The van der Waals surface area contributed by atoms with E-state index in [9.17, 15) is 0 Å². The van der Waals surface area contributed by atoms with Crippen LogP contribution in [0, 0.1) is 13.8 Å². The van der Waals surface area contributed by atoms with Gasteiger partial charge in [0.25, 0.3) is 0 Å². The SMILES string of the molecule is CCn1ncc(CNC(C)CCn2ccnc2C)c1C. The van der Waals surface area contributed by atoms with Gasteiger partial charge in [0, 0.05) is 49.3 Å². The first-order valence-electron chi connectivity index (χ1n) is 7.34. The molecule has 0 fully saturated rings. The van der Waals surface area contributed by atoms with E-state index in [1.54, 1.807) is 0 Å². The van der Waals surface area contributed by atoms with Crippen molar-refractivity contribution in [2.45, 2.75) is 59.8 Å². The molecule has 0 radical (unpaired) electrons. The summed E-state index contributed by atoms with van der Waals surface area (Å²) >= 11 is 0.